The van der Waals surface area contributed by atoms with E-state index in [2.05, 4.69) is 4.90 Å². The summed E-state index contributed by atoms with van der Waals surface area (Å²) in [6, 6.07) is 7.55. The lowest BCUT2D eigenvalue weighted by atomic mass is 9.97. The molecule has 3 heteroatoms. The quantitative estimate of drug-likeness (QED) is 0.714. The van der Waals surface area contributed by atoms with Crippen LogP contribution in [0.1, 0.15) is 43.5 Å². The number of Topliss-reactive ketones (excluding diaryl/α,β-unsaturated/α-hetero) is 1. The highest BCUT2D eigenvalue weighted by Gasteiger charge is 2.13. The molecule has 3 nitrogen and oxygen atoms in total. The number of ketones is 1. The molecule has 1 aliphatic heterocycles. The summed E-state index contributed by atoms with van der Waals surface area (Å²) in [5.74, 6) is 1.16. The van der Waals surface area contributed by atoms with Crippen LogP contribution < -0.4 is 4.74 Å². The first-order valence-corrected chi connectivity index (χ1v) is 7.70. The average molecular weight is 275 g/mol. The lowest BCUT2D eigenvalue weighted by molar-refractivity contribution is 0.0927. The second-order valence-electron chi connectivity index (χ2n) is 5.60. The van der Waals surface area contributed by atoms with Gasteiger partial charge in [-0.3, -0.25) is 9.69 Å². The Bertz CT molecular complexity index is 421. The first-order valence-electron chi connectivity index (χ1n) is 7.70. The Kier molecular flexibility index (Phi) is 5.60. The van der Waals surface area contributed by atoms with Crippen molar-refractivity contribution in [3.8, 4) is 5.75 Å². The summed E-state index contributed by atoms with van der Waals surface area (Å²) < 4.78 is 5.74. The second kappa shape index (κ2) is 7.44. The summed E-state index contributed by atoms with van der Waals surface area (Å²) in [5, 5.41) is 0. The number of ether oxygens (including phenoxy) is 1. The van der Waals surface area contributed by atoms with E-state index >= 15 is 0 Å². The summed E-state index contributed by atoms with van der Waals surface area (Å²) in [6.07, 6.45) is 3.51. The van der Waals surface area contributed by atoms with Crippen molar-refractivity contribution in [3.63, 3.8) is 0 Å². The van der Waals surface area contributed by atoms with Gasteiger partial charge in [0.15, 0.2) is 5.78 Å². The molecule has 1 unspecified atom stereocenters. The third-order valence-corrected chi connectivity index (χ3v) is 4.07. The maximum absolute atomic E-state index is 12.0. The monoisotopic (exact) mass is 275 g/mol. The third kappa shape index (κ3) is 4.07. The highest BCUT2D eigenvalue weighted by atomic mass is 16.5. The van der Waals surface area contributed by atoms with Crippen LogP contribution in [0.4, 0.5) is 0 Å². The lowest BCUT2D eigenvalue weighted by Gasteiger charge is -2.15. The summed E-state index contributed by atoms with van der Waals surface area (Å²) in [5.41, 5.74) is 0.784. The Morgan fingerprint density at radius 1 is 1.25 bits per heavy atom. The maximum atomic E-state index is 12.0. The maximum Gasteiger partial charge on any atom is 0.165 e. The summed E-state index contributed by atoms with van der Waals surface area (Å²) in [4.78, 5) is 14.5. The average Bonchev–Trinajstić information content (AvgIpc) is 2.99. The number of nitrogens with zero attached hydrogens (tertiary/aromatic N) is 1. The molecule has 1 aliphatic rings. The normalized spacial score (nSPS) is 17.1. The summed E-state index contributed by atoms with van der Waals surface area (Å²) >= 11 is 0. The van der Waals surface area contributed by atoms with Crippen LogP contribution >= 0.6 is 0 Å². The fourth-order valence-electron chi connectivity index (χ4n) is 2.48. The predicted octanol–water partition coefficient (Wildman–Crippen LogP) is 3.39. The fraction of sp³-hybridized carbons (Fsp3) is 0.588. The van der Waals surface area contributed by atoms with Crippen molar-refractivity contribution >= 4 is 5.78 Å². The van der Waals surface area contributed by atoms with Crippen molar-refractivity contribution < 1.29 is 9.53 Å². The summed E-state index contributed by atoms with van der Waals surface area (Å²) in [7, 11) is 0. The SMILES string of the molecule is CCC(C)C(=O)c1ccc(OCCN2CCCC2)cc1. The van der Waals surface area contributed by atoms with E-state index in [0.717, 1.165) is 30.9 Å². The lowest BCUT2D eigenvalue weighted by Crippen LogP contribution is -2.25. The van der Waals surface area contributed by atoms with Gasteiger partial charge in [-0.2, -0.15) is 0 Å². The van der Waals surface area contributed by atoms with Gasteiger partial charge in [0.1, 0.15) is 12.4 Å². The molecule has 0 bridgehead atoms. The van der Waals surface area contributed by atoms with E-state index in [0.29, 0.717) is 0 Å². The molecule has 2 rings (SSSR count). The van der Waals surface area contributed by atoms with Crippen molar-refractivity contribution in [2.24, 2.45) is 5.92 Å². The van der Waals surface area contributed by atoms with E-state index in [1.54, 1.807) is 0 Å². The number of carbonyl (C=O) groups is 1. The Morgan fingerprint density at radius 3 is 2.50 bits per heavy atom. The third-order valence-electron chi connectivity index (χ3n) is 4.07. The van der Waals surface area contributed by atoms with Gasteiger partial charge in [0.05, 0.1) is 0 Å². The van der Waals surface area contributed by atoms with E-state index in [-0.39, 0.29) is 11.7 Å². The molecule has 1 aromatic carbocycles. The number of carbonyl (C=O) groups excluding carboxylic acids is 1. The number of likely N-dealkylation sites (tertiary alicyclic amines) is 1. The van der Waals surface area contributed by atoms with Gasteiger partial charge in [-0.05, 0) is 56.6 Å². The molecule has 0 saturated carbocycles. The van der Waals surface area contributed by atoms with Crippen LogP contribution in [0.3, 0.4) is 0 Å². The minimum Gasteiger partial charge on any atom is -0.492 e. The molecule has 1 atom stereocenters. The Balaban J connectivity index is 1.80. The van der Waals surface area contributed by atoms with Crippen LogP contribution in [0.15, 0.2) is 24.3 Å². The molecule has 1 fully saturated rings. The number of benzene rings is 1. The van der Waals surface area contributed by atoms with Gasteiger partial charge in [-0.25, -0.2) is 0 Å². The van der Waals surface area contributed by atoms with Crippen LogP contribution in [0.2, 0.25) is 0 Å². The Labute approximate surface area is 121 Å². The highest BCUT2D eigenvalue weighted by molar-refractivity contribution is 5.97. The Hall–Kier alpha value is -1.35. The van der Waals surface area contributed by atoms with Crippen molar-refractivity contribution in [1.82, 2.24) is 4.90 Å². The van der Waals surface area contributed by atoms with Crippen molar-refractivity contribution in [1.29, 1.82) is 0 Å². The van der Waals surface area contributed by atoms with Crippen LogP contribution in [0.5, 0.6) is 5.75 Å². The first kappa shape index (κ1) is 15.0. The van der Waals surface area contributed by atoms with E-state index in [9.17, 15) is 4.79 Å². The van der Waals surface area contributed by atoms with Crippen molar-refractivity contribution in [3.05, 3.63) is 29.8 Å². The Morgan fingerprint density at radius 2 is 1.90 bits per heavy atom. The van der Waals surface area contributed by atoms with Gasteiger partial charge >= 0.3 is 0 Å². The van der Waals surface area contributed by atoms with Gasteiger partial charge in [-0.15, -0.1) is 0 Å². The van der Waals surface area contributed by atoms with E-state index < -0.39 is 0 Å². The van der Waals surface area contributed by atoms with Gasteiger partial charge in [0.25, 0.3) is 0 Å². The highest BCUT2D eigenvalue weighted by Crippen LogP contribution is 2.17. The van der Waals surface area contributed by atoms with Crippen LogP contribution in [0, 0.1) is 5.92 Å². The zero-order valence-electron chi connectivity index (χ0n) is 12.6. The van der Waals surface area contributed by atoms with E-state index in [1.807, 2.05) is 38.1 Å². The molecule has 0 aromatic heterocycles. The van der Waals surface area contributed by atoms with Gasteiger partial charge < -0.3 is 4.74 Å². The smallest absolute Gasteiger partial charge is 0.165 e. The van der Waals surface area contributed by atoms with Gasteiger partial charge in [0.2, 0.25) is 0 Å². The standard InChI is InChI=1S/C17H25NO2/c1-3-14(2)17(19)15-6-8-16(9-7-15)20-13-12-18-10-4-5-11-18/h6-9,14H,3-5,10-13H2,1-2H3. The summed E-state index contributed by atoms with van der Waals surface area (Å²) in [6.45, 7) is 8.13. The molecule has 1 aromatic rings. The molecule has 20 heavy (non-hydrogen) atoms. The second-order valence-corrected chi connectivity index (χ2v) is 5.60. The van der Waals surface area contributed by atoms with Crippen LogP contribution in [-0.4, -0.2) is 36.9 Å². The minimum atomic E-state index is 0.0944. The fourth-order valence-corrected chi connectivity index (χ4v) is 2.48. The van der Waals surface area contributed by atoms with Gasteiger partial charge in [-0.1, -0.05) is 13.8 Å². The molecule has 0 amide bonds. The minimum absolute atomic E-state index is 0.0944. The first-order chi connectivity index (χ1) is 9.70. The largest absolute Gasteiger partial charge is 0.492 e. The molecule has 0 aliphatic carbocycles. The van der Waals surface area contributed by atoms with Crippen molar-refractivity contribution in [2.75, 3.05) is 26.2 Å². The molecular formula is C17H25NO2. The molecule has 110 valence electrons. The van der Waals surface area contributed by atoms with E-state index in [1.165, 1.54) is 25.9 Å². The van der Waals surface area contributed by atoms with Crippen molar-refractivity contribution in [2.45, 2.75) is 33.1 Å². The zero-order chi connectivity index (χ0) is 14.4. The van der Waals surface area contributed by atoms with E-state index in [4.69, 9.17) is 4.74 Å². The molecule has 0 spiro atoms. The molecule has 1 heterocycles. The van der Waals surface area contributed by atoms with Crippen LogP contribution in [-0.2, 0) is 0 Å². The number of rotatable bonds is 7. The predicted molar refractivity (Wildman–Crippen MR) is 81.4 cm³/mol. The molecule has 1 saturated heterocycles. The zero-order valence-corrected chi connectivity index (χ0v) is 12.6. The molecular weight excluding hydrogens is 250 g/mol. The molecule has 0 radical (unpaired) electrons. The molecule has 0 N–H and O–H groups in total. The number of hydrogen-bond donors (Lipinski definition) is 0. The van der Waals surface area contributed by atoms with Gasteiger partial charge in [0, 0.05) is 18.0 Å². The van der Waals surface area contributed by atoms with Crippen LogP contribution in [0.25, 0.3) is 0 Å². The topological polar surface area (TPSA) is 29.5 Å². The number of hydrogen-bond acceptors (Lipinski definition) is 3.